The van der Waals surface area contributed by atoms with E-state index in [1.165, 1.54) is 11.3 Å². The summed E-state index contributed by atoms with van der Waals surface area (Å²) in [5, 5.41) is 4.32. The van der Waals surface area contributed by atoms with Gasteiger partial charge in [0.25, 0.3) is 0 Å². The lowest BCUT2D eigenvalue weighted by atomic mass is 10.1. The van der Waals surface area contributed by atoms with Gasteiger partial charge in [-0.3, -0.25) is 10.1 Å². The molecule has 1 atom stereocenters. The van der Waals surface area contributed by atoms with E-state index in [-0.39, 0.29) is 11.9 Å². The highest BCUT2D eigenvalue weighted by atomic mass is 32.1. The summed E-state index contributed by atoms with van der Waals surface area (Å²) >= 11 is 1.68. The molecule has 0 aromatic carbocycles. The maximum Gasteiger partial charge on any atom is 0.236 e. The standard InChI is InChI=1S/C13H21N3OS/c1-10-8-15-13(18-10)11(2)14-9-12(17)16-6-4-3-5-7-16/h8,11,14H,3-7,9H2,1-2H3. The van der Waals surface area contributed by atoms with Gasteiger partial charge in [-0.25, -0.2) is 4.98 Å². The fourth-order valence-electron chi connectivity index (χ4n) is 2.16. The number of nitrogens with zero attached hydrogens (tertiary/aromatic N) is 2. The Labute approximate surface area is 112 Å². The van der Waals surface area contributed by atoms with Gasteiger partial charge in [-0.2, -0.15) is 0 Å². The molecule has 18 heavy (non-hydrogen) atoms. The van der Waals surface area contributed by atoms with Crippen molar-refractivity contribution in [1.82, 2.24) is 15.2 Å². The van der Waals surface area contributed by atoms with E-state index in [0.717, 1.165) is 30.9 Å². The first-order valence-corrected chi connectivity index (χ1v) is 7.42. The molecule has 0 bridgehead atoms. The fraction of sp³-hybridized carbons (Fsp3) is 0.692. The smallest absolute Gasteiger partial charge is 0.236 e. The molecule has 1 aromatic heterocycles. The van der Waals surface area contributed by atoms with Crippen LogP contribution in [0.5, 0.6) is 0 Å². The number of nitrogens with one attached hydrogen (secondary N) is 1. The molecule has 0 saturated carbocycles. The minimum atomic E-state index is 0.150. The summed E-state index contributed by atoms with van der Waals surface area (Å²) in [7, 11) is 0. The lowest BCUT2D eigenvalue weighted by molar-refractivity contribution is -0.131. The van der Waals surface area contributed by atoms with Gasteiger partial charge < -0.3 is 4.90 Å². The molecule has 1 amide bonds. The van der Waals surface area contributed by atoms with Crippen molar-refractivity contribution in [2.24, 2.45) is 0 Å². The molecule has 100 valence electrons. The summed E-state index contributed by atoms with van der Waals surface area (Å²) in [5.74, 6) is 0.217. The third-order valence-electron chi connectivity index (χ3n) is 3.28. The number of piperidine rings is 1. The lowest BCUT2D eigenvalue weighted by Gasteiger charge is -2.27. The Morgan fingerprint density at radius 2 is 2.22 bits per heavy atom. The van der Waals surface area contributed by atoms with Gasteiger partial charge in [0.15, 0.2) is 0 Å². The Morgan fingerprint density at radius 1 is 1.50 bits per heavy atom. The van der Waals surface area contributed by atoms with Gasteiger partial charge in [-0.15, -0.1) is 11.3 Å². The van der Waals surface area contributed by atoms with Gasteiger partial charge in [0.1, 0.15) is 5.01 Å². The highest BCUT2D eigenvalue weighted by Gasteiger charge is 2.17. The van der Waals surface area contributed by atoms with Crippen LogP contribution in [0.2, 0.25) is 0 Å². The van der Waals surface area contributed by atoms with E-state index in [9.17, 15) is 4.79 Å². The van der Waals surface area contributed by atoms with E-state index in [0.29, 0.717) is 6.54 Å². The van der Waals surface area contributed by atoms with Gasteiger partial charge >= 0.3 is 0 Å². The van der Waals surface area contributed by atoms with Gasteiger partial charge in [0, 0.05) is 24.2 Å². The molecule has 0 aliphatic carbocycles. The minimum Gasteiger partial charge on any atom is -0.342 e. The second-order valence-corrected chi connectivity index (χ2v) is 6.12. The van der Waals surface area contributed by atoms with Crippen LogP contribution in [0.3, 0.4) is 0 Å². The number of carbonyl (C=O) groups is 1. The van der Waals surface area contributed by atoms with Crippen LogP contribution in [0.25, 0.3) is 0 Å². The molecule has 5 heteroatoms. The van der Waals surface area contributed by atoms with Gasteiger partial charge in [-0.1, -0.05) is 0 Å². The van der Waals surface area contributed by atoms with Gasteiger partial charge in [-0.05, 0) is 33.1 Å². The zero-order valence-electron chi connectivity index (χ0n) is 11.1. The molecule has 1 N–H and O–H groups in total. The monoisotopic (exact) mass is 267 g/mol. The largest absolute Gasteiger partial charge is 0.342 e. The van der Waals surface area contributed by atoms with E-state index >= 15 is 0 Å². The summed E-state index contributed by atoms with van der Waals surface area (Å²) in [6.07, 6.45) is 5.43. The van der Waals surface area contributed by atoms with Crippen molar-refractivity contribution in [2.45, 2.75) is 39.2 Å². The van der Waals surface area contributed by atoms with Crippen LogP contribution in [0.4, 0.5) is 0 Å². The zero-order valence-corrected chi connectivity index (χ0v) is 11.9. The van der Waals surface area contributed by atoms with Crippen LogP contribution >= 0.6 is 11.3 Å². The summed E-state index contributed by atoms with van der Waals surface area (Å²) in [6, 6.07) is 0.150. The molecular formula is C13H21N3OS. The Balaban J connectivity index is 1.78. The van der Waals surface area contributed by atoms with Crippen molar-refractivity contribution >= 4 is 17.2 Å². The minimum absolute atomic E-state index is 0.150. The summed E-state index contributed by atoms with van der Waals surface area (Å²) in [5.41, 5.74) is 0. The molecule has 0 radical (unpaired) electrons. The molecule has 2 heterocycles. The van der Waals surface area contributed by atoms with Gasteiger partial charge in [0.05, 0.1) is 12.6 Å². The highest BCUT2D eigenvalue weighted by molar-refractivity contribution is 7.11. The number of aryl methyl sites for hydroxylation is 1. The average molecular weight is 267 g/mol. The SMILES string of the molecule is Cc1cnc(C(C)NCC(=O)N2CCCCC2)s1. The number of amides is 1. The van der Waals surface area contributed by atoms with Crippen LogP contribution in [0.15, 0.2) is 6.20 Å². The first-order valence-electron chi connectivity index (χ1n) is 6.60. The van der Waals surface area contributed by atoms with E-state index < -0.39 is 0 Å². The molecular weight excluding hydrogens is 246 g/mol. The number of hydrogen-bond donors (Lipinski definition) is 1. The van der Waals surface area contributed by atoms with Crippen molar-refractivity contribution < 1.29 is 4.79 Å². The van der Waals surface area contributed by atoms with Crippen molar-refractivity contribution in [2.75, 3.05) is 19.6 Å². The first kappa shape index (κ1) is 13.5. The second-order valence-electron chi connectivity index (χ2n) is 4.85. The molecule has 1 aliphatic rings. The molecule has 1 aromatic rings. The molecule has 1 unspecified atom stereocenters. The third kappa shape index (κ3) is 3.53. The zero-order chi connectivity index (χ0) is 13.0. The van der Waals surface area contributed by atoms with Crippen LogP contribution in [-0.4, -0.2) is 35.4 Å². The predicted molar refractivity (Wildman–Crippen MR) is 73.7 cm³/mol. The summed E-state index contributed by atoms with van der Waals surface area (Å²) in [6.45, 7) is 6.37. The molecule has 0 spiro atoms. The highest BCUT2D eigenvalue weighted by Crippen LogP contribution is 2.18. The first-order chi connectivity index (χ1) is 8.66. The van der Waals surface area contributed by atoms with Crippen LogP contribution in [0, 0.1) is 6.92 Å². The molecule has 4 nitrogen and oxygen atoms in total. The summed E-state index contributed by atoms with van der Waals surface area (Å²) in [4.78, 5) is 19.5. The number of rotatable bonds is 4. The predicted octanol–water partition coefficient (Wildman–Crippen LogP) is 2.11. The van der Waals surface area contributed by atoms with Crippen molar-refractivity contribution in [3.05, 3.63) is 16.1 Å². The Kier molecular flexibility index (Phi) is 4.72. The number of likely N-dealkylation sites (tertiary alicyclic amines) is 1. The molecule has 1 aliphatic heterocycles. The lowest BCUT2D eigenvalue weighted by Crippen LogP contribution is -2.41. The number of carbonyl (C=O) groups excluding carboxylic acids is 1. The maximum absolute atomic E-state index is 12.0. The van der Waals surface area contributed by atoms with E-state index in [1.54, 1.807) is 11.3 Å². The number of hydrogen-bond acceptors (Lipinski definition) is 4. The Bertz CT molecular complexity index is 399. The summed E-state index contributed by atoms with van der Waals surface area (Å²) < 4.78 is 0. The van der Waals surface area contributed by atoms with Crippen LogP contribution < -0.4 is 5.32 Å². The average Bonchev–Trinajstić information content (AvgIpc) is 2.83. The van der Waals surface area contributed by atoms with Crippen LogP contribution in [-0.2, 0) is 4.79 Å². The third-order valence-corrected chi connectivity index (χ3v) is 4.37. The quantitative estimate of drug-likeness (QED) is 0.909. The van der Waals surface area contributed by atoms with E-state index in [4.69, 9.17) is 0 Å². The van der Waals surface area contributed by atoms with Crippen LogP contribution in [0.1, 0.15) is 42.1 Å². The number of thiazole rings is 1. The van der Waals surface area contributed by atoms with Crippen molar-refractivity contribution in [1.29, 1.82) is 0 Å². The molecule has 2 rings (SSSR count). The van der Waals surface area contributed by atoms with Crippen molar-refractivity contribution in [3.8, 4) is 0 Å². The fourth-order valence-corrected chi connectivity index (χ4v) is 2.96. The molecule has 1 saturated heterocycles. The normalized spacial score (nSPS) is 17.8. The molecule has 1 fully saturated rings. The number of aromatic nitrogens is 1. The maximum atomic E-state index is 12.0. The van der Waals surface area contributed by atoms with Gasteiger partial charge in [0.2, 0.25) is 5.91 Å². The Hall–Kier alpha value is -0.940. The van der Waals surface area contributed by atoms with E-state index in [1.807, 2.05) is 18.0 Å². The topological polar surface area (TPSA) is 45.2 Å². The Morgan fingerprint density at radius 3 is 2.83 bits per heavy atom. The second kappa shape index (κ2) is 6.29. The van der Waals surface area contributed by atoms with Crippen molar-refractivity contribution in [3.63, 3.8) is 0 Å². The van der Waals surface area contributed by atoms with E-state index in [2.05, 4.69) is 17.2 Å².